The predicted octanol–water partition coefficient (Wildman–Crippen LogP) is 3.04. The first-order valence-electron chi connectivity index (χ1n) is 9.52. The van der Waals surface area contributed by atoms with E-state index in [1.54, 1.807) is 23.5 Å². The van der Waals surface area contributed by atoms with Gasteiger partial charge < -0.3 is 15.2 Å². The van der Waals surface area contributed by atoms with Crippen LogP contribution in [0.1, 0.15) is 11.4 Å². The second-order valence-electron chi connectivity index (χ2n) is 7.12. The largest absolute Gasteiger partial charge is 0.491 e. The SMILES string of the molecule is OC(COc1ccc(F)cc1)CN1CCC(NCc2nc3ccccc3s2)C1. The fourth-order valence-electron chi connectivity index (χ4n) is 3.47. The summed E-state index contributed by atoms with van der Waals surface area (Å²) in [5, 5.41) is 14.9. The van der Waals surface area contributed by atoms with Gasteiger partial charge in [-0.15, -0.1) is 11.3 Å². The Kier molecular flexibility index (Phi) is 6.17. The van der Waals surface area contributed by atoms with Crippen molar-refractivity contribution in [3.05, 3.63) is 59.4 Å². The summed E-state index contributed by atoms with van der Waals surface area (Å²) < 4.78 is 19.6. The molecule has 2 aromatic carbocycles. The quantitative estimate of drug-likeness (QED) is 0.608. The van der Waals surface area contributed by atoms with E-state index < -0.39 is 6.10 Å². The molecule has 4 rings (SSSR count). The van der Waals surface area contributed by atoms with Gasteiger partial charge >= 0.3 is 0 Å². The number of likely N-dealkylation sites (tertiary alicyclic amines) is 1. The van der Waals surface area contributed by atoms with E-state index in [1.165, 1.54) is 16.8 Å². The molecule has 7 heteroatoms. The highest BCUT2D eigenvalue weighted by Gasteiger charge is 2.24. The van der Waals surface area contributed by atoms with E-state index >= 15 is 0 Å². The molecule has 0 radical (unpaired) electrons. The molecule has 0 spiro atoms. The lowest BCUT2D eigenvalue weighted by molar-refractivity contribution is 0.0751. The highest BCUT2D eigenvalue weighted by atomic mass is 32.1. The molecule has 1 saturated heterocycles. The van der Waals surface area contributed by atoms with Gasteiger partial charge in [-0.3, -0.25) is 4.90 Å². The number of halogens is 1. The number of rotatable bonds is 8. The zero-order valence-corrected chi connectivity index (χ0v) is 16.4. The summed E-state index contributed by atoms with van der Waals surface area (Å²) in [7, 11) is 0. The van der Waals surface area contributed by atoms with Crippen molar-refractivity contribution in [1.82, 2.24) is 15.2 Å². The Morgan fingerprint density at radius 2 is 2.07 bits per heavy atom. The minimum absolute atomic E-state index is 0.200. The summed E-state index contributed by atoms with van der Waals surface area (Å²) >= 11 is 1.73. The van der Waals surface area contributed by atoms with Gasteiger partial charge in [0, 0.05) is 25.7 Å². The van der Waals surface area contributed by atoms with Crippen LogP contribution in [0.2, 0.25) is 0 Å². The van der Waals surface area contributed by atoms with E-state index in [9.17, 15) is 9.50 Å². The van der Waals surface area contributed by atoms with E-state index in [4.69, 9.17) is 4.74 Å². The molecule has 148 valence electrons. The molecule has 1 aliphatic rings. The van der Waals surface area contributed by atoms with Gasteiger partial charge in [0.05, 0.1) is 10.2 Å². The van der Waals surface area contributed by atoms with Gasteiger partial charge in [-0.05, 0) is 49.4 Å². The van der Waals surface area contributed by atoms with Crippen LogP contribution in [0.4, 0.5) is 4.39 Å². The number of β-amino-alcohol motifs (C(OH)–C–C–N with tert-alkyl or cyclic N) is 1. The minimum Gasteiger partial charge on any atom is -0.491 e. The lowest BCUT2D eigenvalue weighted by Crippen LogP contribution is -2.37. The van der Waals surface area contributed by atoms with Gasteiger partial charge in [0.25, 0.3) is 0 Å². The lowest BCUT2D eigenvalue weighted by atomic mass is 10.2. The van der Waals surface area contributed by atoms with Gasteiger partial charge in [-0.2, -0.15) is 0 Å². The molecule has 0 bridgehead atoms. The molecule has 1 aliphatic heterocycles. The molecule has 0 aliphatic carbocycles. The second-order valence-corrected chi connectivity index (χ2v) is 8.24. The highest BCUT2D eigenvalue weighted by Crippen LogP contribution is 2.22. The van der Waals surface area contributed by atoms with Crippen molar-refractivity contribution >= 4 is 21.6 Å². The third-order valence-electron chi connectivity index (χ3n) is 4.88. The first kappa shape index (κ1) is 19.3. The number of benzene rings is 2. The number of nitrogens with one attached hydrogen (secondary N) is 1. The van der Waals surface area contributed by atoms with Crippen LogP contribution in [-0.4, -0.2) is 53.4 Å². The maximum atomic E-state index is 12.9. The molecule has 2 N–H and O–H groups in total. The van der Waals surface area contributed by atoms with Crippen LogP contribution in [0.5, 0.6) is 5.75 Å². The van der Waals surface area contributed by atoms with Gasteiger partial charge in [-0.1, -0.05) is 12.1 Å². The minimum atomic E-state index is -0.576. The standard InChI is InChI=1S/C21H24FN3O2S/c22-15-5-7-18(8-6-15)27-14-17(26)13-25-10-9-16(12-25)23-11-21-24-19-3-1-2-4-20(19)28-21/h1-8,16-17,23,26H,9-14H2. The summed E-state index contributed by atoms with van der Waals surface area (Å²) in [4.78, 5) is 6.91. The van der Waals surface area contributed by atoms with Gasteiger partial charge in [0.15, 0.2) is 0 Å². The van der Waals surface area contributed by atoms with Crippen molar-refractivity contribution in [2.75, 3.05) is 26.2 Å². The van der Waals surface area contributed by atoms with Crippen molar-refractivity contribution < 1.29 is 14.2 Å². The van der Waals surface area contributed by atoms with Crippen LogP contribution in [-0.2, 0) is 6.54 Å². The molecule has 0 amide bonds. The van der Waals surface area contributed by atoms with Crippen molar-refractivity contribution in [3.63, 3.8) is 0 Å². The first-order chi connectivity index (χ1) is 13.7. The fraction of sp³-hybridized carbons (Fsp3) is 0.381. The Hall–Kier alpha value is -2.06. The molecular weight excluding hydrogens is 377 g/mol. The number of thiazole rings is 1. The smallest absolute Gasteiger partial charge is 0.123 e. The van der Waals surface area contributed by atoms with E-state index in [0.717, 1.165) is 36.6 Å². The summed E-state index contributed by atoms with van der Waals surface area (Å²) in [5.41, 5.74) is 1.06. The topological polar surface area (TPSA) is 57.6 Å². The molecule has 3 aromatic rings. The fourth-order valence-corrected chi connectivity index (χ4v) is 4.38. The average Bonchev–Trinajstić information content (AvgIpc) is 3.32. The number of fused-ring (bicyclic) bond motifs is 1. The molecule has 1 fully saturated rings. The number of aliphatic hydroxyl groups is 1. The normalized spacial score (nSPS) is 18.6. The van der Waals surface area contributed by atoms with Crippen LogP contribution in [0.3, 0.4) is 0 Å². The van der Waals surface area contributed by atoms with Crippen molar-refractivity contribution in [1.29, 1.82) is 0 Å². The number of aliphatic hydroxyl groups excluding tert-OH is 1. The summed E-state index contributed by atoms with van der Waals surface area (Å²) in [5.74, 6) is 0.270. The van der Waals surface area contributed by atoms with Crippen molar-refractivity contribution in [3.8, 4) is 5.75 Å². The number of hydrogen-bond acceptors (Lipinski definition) is 6. The third-order valence-corrected chi connectivity index (χ3v) is 5.91. The van der Waals surface area contributed by atoms with E-state index in [0.29, 0.717) is 18.3 Å². The van der Waals surface area contributed by atoms with Crippen LogP contribution in [0.15, 0.2) is 48.5 Å². The van der Waals surface area contributed by atoms with E-state index in [2.05, 4.69) is 21.3 Å². The molecule has 2 unspecified atom stereocenters. The maximum Gasteiger partial charge on any atom is 0.123 e. The number of hydrogen-bond donors (Lipinski definition) is 2. The first-order valence-corrected chi connectivity index (χ1v) is 10.3. The monoisotopic (exact) mass is 401 g/mol. The van der Waals surface area contributed by atoms with E-state index in [-0.39, 0.29) is 12.4 Å². The Morgan fingerprint density at radius 1 is 1.25 bits per heavy atom. The molecule has 1 aromatic heterocycles. The molecule has 0 saturated carbocycles. The third kappa shape index (κ3) is 5.05. The van der Waals surface area contributed by atoms with Gasteiger partial charge in [0.1, 0.15) is 29.3 Å². The Bertz CT molecular complexity index is 869. The molecule has 28 heavy (non-hydrogen) atoms. The summed E-state index contributed by atoms with van der Waals surface area (Å²) in [6.45, 7) is 3.39. The van der Waals surface area contributed by atoms with Crippen LogP contribution in [0.25, 0.3) is 10.2 Å². The number of aromatic nitrogens is 1. The Balaban J connectivity index is 1.18. The lowest BCUT2D eigenvalue weighted by Gasteiger charge is -2.20. The van der Waals surface area contributed by atoms with Crippen molar-refractivity contribution in [2.45, 2.75) is 25.1 Å². The number of ether oxygens (including phenoxy) is 1. The Labute approximate surface area is 167 Å². The molecular formula is C21H24FN3O2S. The molecule has 2 heterocycles. The Morgan fingerprint density at radius 3 is 2.89 bits per heavy atom. The predicted molar refractivity (Wildman–Crippen MR) is 109 cm³/mol. The highest BCUT2D eigenvalue weighted by molar-refractivity contribution is 7.18. The van der Waals surface area contributed by atoms with Crippen LogP contribution >= 0.6 is 11.3 Å². The zero-order valence-electron chi connectivity index (χ0n) is 15.6. The zero-order chi connectivity index (χ0) is 19.3. The second kappa shape index (κ2) is 8.96. The summed E-state index contributed by atoms with van der Waals surface area (Å²) in [6.07, 6.45) is 0.476. The van der Waals surface area contributed by atoms with Gasteiger partial charge in [-0.25, -0.2) is 9.37 Å². The van der Waals surface area contributed by atoms with Crippen LogP contribution < -0.4 is 10.1 Å². The summed E-state index contributed by atoms with van der Waals surface area (Å²) in [6, 6.07) is 14.4. The average molecular weight is 402 g/mol. The van der Waals surface area contributed by atoms with Crippen molar-refractivity contribution in [2.24, 2.45) is 0 Å². The van der Waals surface area contributed by atoms with E-state index in [1.807, 2.05) is 18.2 Å². The van der Waals surface area contributed by atoms with Gasteiger partial charge in [0.2, 0.25) is 0 Å². The number of nitrogens with zero attached hydrogens (tertiary/aromatic N) is 2. The molecule has 2 atom stereocenters. The number of para-hydroxylation sites is 1. The van der Waals surface area contributed by atoms with Crippen LogP contribution in [0, 0.1) is 5.82 Å². The maximum absolute atomic E-state index is 12.9. The molecule has 5 nitrogen and oxygen atoms in total.